The van der Waals surface area contributed by atoms with Crippen LogP contribution in [0.5, 0.6) is 0 Å². The summed E-state index contributed by atoms with van der Waals surface area (Å²) >= 11 is 0.939. The molecule has 0 spiro atoms. The molecule has 166 valence electrons. The monoisotopic (exact) mass is 458 g/mol. The Morgan fingerprint density at radius 2 is 1.94 bits per heavy atom. The van der Waals surface area contributed by atoms with Crippen LogP contribution in [0.4, 0.5) is 14.5 Å². The van der Waals surface area contributed by atoms with Gasteiger partial charge in [0.25, 0.3) is 11.8 Å². The van der Waals surface area contributed by atoms with E-state index in [-0.39, 0.29) is 33.4 Å². The van der Waals surface area contributed by atoms with E-state index in [4.69, 9.17) is 0 Å². The molecule has 0 saturated carbocycles. The quantitative estimate of drug-likeness (QED) is 0.621. The van der Waals surface area contributed by atoms with Gasteiger partial charge in [-0.1, -0.05) is 6.07 Å². The van der Waals surface area contributed by atoms with E-state index in [9.17, 15) is 23.5 Å². The van der Waals surface area contributed by atoms with Crippen LogP contribution in [0.3, 0.4) is 0 Å². The fraction of sp³-hybridized carbons (Fsp3) is 0.273. The van der Waals surface area contributed by atoms with Crippen molar-refractivity contribution in [3.05, 3.63) is 64.9 Å². The molecule has 1 aliphatic heterocycles. The van der Waals surface area contributed by atoms with E-state index in [0.717, 1.165) is 23.5 Å². The zero-order chi connectivity index (χ0) is 22.7. The van der Waals surface area contributed by atoms with Crippen LogP contribution < -0.4 is 5.32 Å². The highest BCUT2D eigenvalue weighted by molar-refractivity contribution is 7.13. The fourth-order valence-corrected chi connectivity index (χ4v) is 4.36. The number of aliphatic hydroxyl groups is 1. The van der Waals surface area contributed by atoms with Crippen molar-refractivity contribution < 1.29 is 23.5 Å². The summed E-state index contributed by atoms with van der Waals surface area (Å²) in [5.41, 5.74) is 0.143. The molecule has 1 aliphatic rings. The molecule has 0 radical (unpaired) electrons. The number of benzene rings is 1. The molecule has 7 nitrogen and oxygen atoms in total. The Morgan fingerprint density at radius 1 is 1.16 bits per heavy atom. The molecular weight excluding hydrogens is 438 g/mol. The number of halogens is 2. The Morgan fingerprint density at radius 3 is 2.72 bits per heavy atom. The van der Waals surface area contributed by atoms with Gasteiger partial charge in [0.2, 0.25) is 0 Å². The molecular formula is C22H20F2N4O3S. The zero-order valence-corrected chi connectivity index (χ0v) is 17.7. The minimum atomic E-state index is -0.769. The van der Waals surface area contributed by atoms with Gasteiger partial charge in [0, 0.05) is 24.7 Å². The third-order valence-corrected chi connectivity index (χ3v) is 6.06. The average molecular weight is 458 g/mol. The number of amides is 2. The molecule has 2 aromatic heterocycles. The van der Waals surface area contributed by atoms with Crippen LogP contribution >= 0.6 is 11.3 Å². The van der Waals surface area contributed by atoms with Crippen LogP contribution in [0.15, 0.2) is 42.0 Å². The van der Waals surface area contributed by atoms with Gasteiger partial charge < -0.3 is 15.3 Å². The number of nitrogens with zero attached hydrogens (tertiary/aromatic N) is 3. The molecule has 2 amide bonds. The van der Waals surface area contributed by atoms with Crippen molar-refractivity contribution in [2.45, 2.75) is 25.4 Å². The van der Waals surface area contributed by atoms with Crippen LogP contribution in [0.2, 0.25) is 0 Å². The summed E-state index contributed by atoms with van der Waals surface area (Å²) in [7, 11) is 0. The van der Waals surface area contributed by atoms with Crippen LogP contribution in [0.25, 0.3) is 10.6 Å². The SMILES string of the molecule is O=C(Nc1cnccc1C(=O)N1CCCC(O)CC1)c1csc(-c2c(F)cccc2F)n1. The maximum absolute atomic E-state index is 14.0. The Kier molecular flexibility index (Phi) is 6.52. The Bertz CT molecular complexity index is 1130. The molecule has 1 aromatic carbocycles. The molecule has 4 rings (SSSR count). The van der Waals surface area contributed by atoms with Gasteiger partial charge in [-0.05, 0) is 37.5 Å². The number of carbonyl (C=O) groups is 2. The van der Waals surface area contributed by atoms with Crippen molar-refractivity contribution in [1.82, 2.24) is 14.9 Å². The van der Waals surface area contributed by atoms with E-state index in [0.29, 0.717) is 32.4 Å². The first-order valence-corrected chi connectivity index (χ1v) is 10.9. The molecule has 3 heterocycles. The van der Waals surface area contributed by atoms with Crippen LogP contribution in [0, 0.1) is 11.6 Å². The van der Waals surface area contributed by atoms with Gasteiger partial charge in [0.05, 0.1) is 29.1 Å². The number of thiazole rings is 1. The summed E-state index contributed by atoms with van der Waals surface area (Å²) in [6.07, 6.45) is 4.21. The highest BCUT2D eigenvalue weighted by Crippen LogP contribution is 2.29. The minimum Gasteiger partial charge on any atom is -0.393 e. The van der Waals surface area contributed by atoms with Gasteiger partial charge >= 0.3 is 0 Å². The Labute approximate surface area is 186 Å². The van der Waals surface area contributed by atoms with Crippen LogP contribution in [-0.4, -0.2) is 51.0 Å². The lowest BCUT2D eigenvalue weighted by atomic mass is 10.2. The second-order valence-electron chi connectivity index (χ2n) is 7.39. The van der Waals surface area contributed by atoms with Crippen molar-refractivity contribution in [3.63, 3.8) is 0 Å². The number of anilines is 1. The first-order chi connectivity index (χ1) is 15.4. The standard InChI is InChI=1S/C22H20F2N4O3S/c23-15-4-1-5-16(24)19(15)21-27-18(12-32-21)20(30)26-17-11-25-8-6-14(17)22(31)28-9-2-3-13(29)7-10-28/h1,4-6,8,11-13,29H,2-3,7,9-10H2,(H,26,30). The smallest absolute Gasteiger partial charge is 0.275 e. The summed E-state index contributed by atoms with van der Waals surface area (Å²) in [6.45, 7) is 0.925. The number of nitrogens with one attached hydrogen (secondary N) is 1. The van der Waals surface area contributed by atoms with Crippen LogP contribution in [0.1, 0.15) is 40.1 Å². The van der Waals surface area contributed by atoms with E-state index in [2.05, 4.69) is 15.3 Å². The fourth-order valence-electron chi connectivity index (χ4n) is 3.51. The number of pyridine rings is 1. The van der Waals surface area contributed by atoms with E-state index < -0.39 is 23.6 Å². The highest BCUT2D eigenvalue weighted by Gasteiger charge is 2.24. The first kappa shape index (κ1) is 22.0. The summed E-state index contributed by atoms with van der Waals surface area (Å²) in [5, 5.41) is 13.9. The molecule has 1 atom stereocenters. The molecule has 32 heavy (non-hydrogen) atoms. The lowest BCUT2D eigenvalue weighted by Crippen LogP contribution is -2.33. The Hall–Kier alpha value is -3.24. The molecule has 1 saturated heterocycles. The number of hydrogen-bond donors (Lipinski definition) is 2. The minimum absolute atomic E-state index is 0.0344. The zero-order valence-electron chi connectivity index (χ0n) is 16.9. The molecule has 1 fully saturated rings. The number of likely N-dealkylation sites (tertiary alicyclic amines) is 1. The number of rotatable bonds is 4. The maximum Gasteiger partial charge on any atom is 0.275 e. The lowest BCUT2D eigenvalue weighted by Gasteiger charge is -2.21. The van der Waals surface area contributed by atoms with Crippen molar-refractivity contribution in [2.75, 3.05) is 18.4 Å². The molecule has 0 aliphatic carbocycles. The lowest BCUT2D eigenvalue weighted by molar-refractivity contribution is 0.0754. The van der Waals surface area contributed by atoms with Gasteiger partial charge in [-0.25, -0.2) is 13.8 Å². The van der Waals surface area contributed by atoms with Gasteiger partial charge in [-0.2, -0.15) is 0 Å². The molecule has 2 N–H and O–H groups in total. The van der Waals surface area contributed by atoms with Gasteiger partial charge in [-0.3, -0.25) is 14.6 Å². The molecule has 0 bridgehead atoms. The largest absolute Gasteiger partial charge is 0.393 e. The molecule has 10 heteroatoms. The third kappa shape index (κ3) is 4.66. The summed E-state index contributed by atoms with van der Waals surface area (Å²) in [5.74, 6) is -2.44. The Balaban J connectivity index is 1.54. The van der Waals surface area contributed by atoms with E-state index in [1.54, 1.807) is 4.90 Å². The summed E-state index contributed by atoms with van der Waals surface area (Å²) in [6, 6.07) is 5.01. The van der Waals surface area contributed by atoms with Crippen molar-refractivity contribution in [2.24, 2.45) is 0 Å². The number of carbonyl (C=O) groups excluding carboxylic acids is 2. The van der Waals surface area contributed by atoms with Gasteiger partial charge in [0.1, 0.15) is 22.3 Å². The normalized spacial score (nSPS) is 16.5. The molecule has 3 aromatic rings. The number of aliphatic hydroxyl groups excluding tert-OH is 1. The van der Waals surface area contributed by atoms with E-state index in [1.807, 2.05) is 0 Å². The predicted octanol–water partition coefficient (Wildman–Crippen LogP) is 3.72. The third-order valence-electron chi connectivity index (χ3n) is 5.20. The number of aromatic nitrogens is 2. The second kappa shape index (κ2) is 9.49. The number of hydrogen-bond acceptors (Lipinski definition) is 6. The second-order valence-corrected chi connectivity index (χ2v) is 8.24. The first-order valence-electron chi connectivity index (χ1n) is 10.1. The van der Waals surface area contributed by atoms with E-state index >= 15 is 0 Å². The maximum atomic E-state index is 14.0. The van der Waals surface area contributed by atoms with Crippen molar-refractivity contribution >= 4 is 28.8 Å². The average Bonchev–Trinajstić information content (AvgIpc) is 3.15. The van der Waals surface area contributed by atoms with Crippen molar-refractivity contribution in [3.8, 4) is 10.6 Å². The van der Waals surface area contributed by atoms with E-state index in [1.165, 1.54) is 29.9 Å². The van der Waals surface area contributed by atoms with Gasteiger partial charge in [0.15, 0.2) is 0 Å². The highest BCUT2D eigenvalue weighted by atomic mass is 32.1. The summed E-state index contributed by atoms with van der Waals surface area (Å²) in [4.78, 5) is 35.5. The molecule has 1 unspecified atom stereocenters. The predicted molar refractivity (Wildman–Crippen MR) is 115 cm³/mol. The van der Waals surface area contributed by atoms with Crippen LogP contribution in [-0.2, 0) is 0 Å². The van der Waals surface area contributed by atoms with Crippen molar-refractivity contribution in [1.29, 1.82) is 0 Å². The van der Waals surface area contributed by atoms with Gasteiger partial charge in [-0.15, -0.1) is 11.3 Å². The summed E-state index contributed by atoms with van der Waals surface area (Å²) < 4.78 is 28.1. The topological polar surface area (TPSA) is 95.4 Å².